The van der Waals surface area contributed by atoms with Gasteiger partial charge in [-0.1, -0.05) is 30.3 Å². The fraction of sp³-hybridized carbons (Fsp3) is 0.511. The maximum absolute atomic E-state index is 13.5. The van der Waals surface area contributed by atoms with Gasteiger partial charge in [-0.25, -0.2) is 4.98 Å². The number of amides is 4. The molecular weight excluding hydrogens is 761 g/mol. The van der Waals surface area contributed by atoms with Gasteiger partial charge in [-0.3, -0.25) is 29.4 Å². The van der Waals surface area contributed by atoms with Crippen LogP contribution in [0.2, 0.25) is 0 Å². The van der Waals surface area contributed by atoms with Crippen LogP contribution in [0.15, 0.2) is 54.6 Å². The molecule has 2 N–H and O–H groups in total. The fourth-order valence-electron chi connectivity index (χ4n) is 11.1. The van der Waals surface area contributed by atoms with Gasteiger partial charge in [0.15, 0.2) is 5.72 Å². The summed E-state index contributed by atoms with van der Waals surface area (Å²) in [6, 6.07) is 17.8. The summed E-state index contributed by atoms with van der Waals surface area (Å²) in [6.45, 7) is 11.7. The largest absolute Gasteiger partial charge is 0.384 e. The minimum Gasteiger partial charge on any atom is -0.384 e. The lowest BCUT2D eigenvalue weighted by molar-refractivity contribution is -0.155. The topological polar surface area (TPSA) is 124 Å². The maximum Gasteiger partial charge on any atom is 0.264 e. The zero-order valence-electron chi connectivity index (χ0n) is 34.4. The van der Waals surface area contributed by atoms with E-state index in [4.69, 9.17) is 9.72 Å². The average molecular weight is 815 g/mol. The first-order chi connectivity index (χ1) is 28.5. The molecule has 3 fully saturated rings. The van der Waals surface area contributed by atoms with E-state index in [1.54, 1.807) is 12.1 Å². The Balaban J connectivity index is 0.711. The molecule has 1 aromatic heterocycles. The molecule has 6 heterocycles. The minimum absolute atomic E-state index is 0.104. The SMILES string of the molecule is CC1(C)OC2(C)c3ccccc3CCN2c2cc3sc([C@H]4CC[C@H](CN5CCC(CCNc6cccc7c6C(=O)N(C6CCC(=O)NC6=O)C7=O)CC5)CC4)nc3cc21. The van der Waals surface area contributed by atoms with Crippen LogP contribution in [0.5, 0.6) is 0 Å². The van der Waals surface area contributed by atoms with Crippen LogP contribution in [-0.2, 0) is 32.1 Å². The molecule has 0 radical (unpaired) electrons. The van der Waals surface area contributed by atoms with Crippen molar-refractivity contribution in [1.82, 2.24) is 20.1 Å². The van der Waals surface area contributed by atoms with E-state index < -0.39 is 35.1 Å². The molecule has 3 aromatic carbocycles. The van der Waals surface area contributed by atoms with Crippen molar-refractivity contribution in [1.29, 1.82) is 0 Å². The fourth-order valence-corrected chi connectivity index (χ4v) is 12.3. The van der Waals surface area contributed by atoms with Crippen LogP contribution in [0.4, 0.5) is 11.4 Å². The molecule has 11 nitrogen and oxygen atoms in total. The number of piperidine rings is 2. The number of benzene rings is 3. The molecule has 1 saturated carbocycles. The van der Waals surface area contributed by atoms with Crippen LogP contribution in [0.1, 0.15) is 127 Å². The van der Waals surface area contributed by atoms with E-state index in [0.29, 0.717) is 35.2 Å². The zero-order chi connectivity index (χ0) is 40.6. The highest BCUT2D eigenvalue weighted by Crippen LogP contribution is 2.53. The summed E-state index contributed by atoms with van der Waals surface area (Å²) in [5, 5.41) is 7.00. The monoisotopic (exact) mass is 814 g/mol. The molecule has 10 rings (SSSR count). The number of thiazole rings is 1. The van der Waals surface area contributed by atoms with Crippen molar-refractivity contribution in [2.45, 2.75) is 108 Å². The number of carbonyl (C=O) groups excluding carboxylic acids is 4. The third kappa shape index (κ3) is 6.75. The molecule has 2 saturated heterocycles. The average Bonchev–Trinajstić information content (AvgIpc) is 3.76. The van der Waals surface area contributed by atoms with Gasteiger partial charge < -0.3 is 19.9 Å². The van der Waals surface area contributed by atoms with Gasteiger partial charge in [0, 0.05) is 54.5 Å². The second-order valence-electron chi connectivity index (χ2n) is 18.4. The van der Waals surface area contributed by atoms with Gasteiger partial charge in [0.2, 0.25) is 11.8 Å². The van der Waals surface area contributed by atoms with E-state index >= 15 is 0 Å². The Morgan fingerprint density at radius 2 is 1.64 bits per heavy atom. The molecule has 1 aliphatic carbocycles. The number of anilines is 2. The molecule has 12 heteroatoms. The third-order valence-corrected chi connectivity index (χ3v) is 15.5. The molecule has 0 bridgehead atoms. The molecule has 0 spiro atoms. The first-order valence-electron chi connectivity index (χ1n) is 21.8. The summed E-state index contributed by atoms with van der Waals surface area (Å²) in [5.74, 6) is -0.0682. The summed E-state index contributed by atoms with van der Waals surface area (Å²) in [6.07, 6.45) is 9.46. The van der Waals surface area contributed by atoms with Crippen LogP contribution in [0, 0.1) is 11.8 Å². The van der Waals surface area contributed by atoms with Gasteiger partial charge in [0.25, 0.3) is 11.8 Å². The van der Waals surface area contributed by atoms with Gasteiger partial charge in [-0.15, -0.1) is 11.3 Å². The highest BCUT2D eigenvalue weighted by Gasteiger charge is 2.50. The van der Waals surface area contributed by atoms with Crippen molar-refractivity contribution >= 4 is 56.6 Å². The Hall–Kier alpha value is -4.65. The third-order valence-electron chi connectivity index (χ3n) is 14.3. The number of aromatic nitrogens is 1. The van der Waals surface area contributed by atoms with E-state index in [1.165, 1.54) is 64.3 Å². The number of likely N-dealkylation sites (tertiary alicyclic amines) is 1. The number of carbonyl (C=O) groups is 4. The number of ether oxygens (including phenoxy) is 1. The number of hydrogen-bond donors (Lipinski definition) is 2. The van der Waals surface area contributed by atoms with Crippen molar-refractivity contribution in [2.24, 2.45) is 11.8 Å². The molecule has 59 heavy (non-hydrogen) atoms. The number of fused-ring (bicyclic) bond motifs is 7. The highest BCUT2D eigenvalue weighted by molar-refractivity contribution is 7.18. The Morgan fingerprint density at radius 1 is 0.847 bits per heavy atom. The first kappa shape index (κ1) is 38.5. The van der Waals surface area contributed by atoms with Crippen LogP contribution < -0.4 is 15.5 Å². The lowest BCUT2D eigenvalue weighted by atomic mass is 9.81. The Bertz CT molecular complexity index is 2360. The van der Waals surface area contributed by atoms with Gasteiger partial charge in [0.1, 0.15) is 6.04 Å². The van der Waals surface area contributed by atoms with Crippen molar-refractivity contribution in [3.63, 3.8) is 0 Å². The zero-order valence-corrected chi connectivity index (χ0v) is 35.2. The predicted molar refractivity (Wildman–Crippen MR) is 229 cm³/mol. The van der Waals surface area contributed by atoms with Crippen molar-refractivity contribution < 1.29 is 23.9 Å². The summed E-state index contributed by atoms with van der Waals surface area (Å²) in [5.41, 5.74) is 6.61. The van der Waals surface area contributed by atoms with Crippen LogP contribution in [-0.4, -0.2) is 77.2 Å². The minimum atomic E-state index is -0.964. The molecule has 308 valence electrons. The van der Waals surface area contributed by atoms with Crippen molar-refractivity contribution in [3.05, 3.63) is 87.4 Å². The van der Waals surface area contributed by atoms with Crippen molar-refractivity contribution in [3.8, 4) is 0 Å². The molecular formula is C47H54N6O5S. The second-order valence-corrected chi connectivity index (χ2v) is 19.5. The molecule has 4 aromatic rings. The Morgan fingerprint density at radius 3 is 2.44 bits per heavy atom. The van der Waals surface area contributed by atoms with Crippen LogP contribution >= 0.6 is 11.3 Å². The quantitative estimate of drug-likeness (QED) is 0.173. The van der Waals surface area contributed by atoms with E-state index in [1.807, 2.05) is 17.4 Å². The maximum atomic E-state index is 13.5. The lowest BCUT2D eigenvalue weighted by Crippen LogP contribution is -2.57. The van der Waals surface area contributed by atoms with Crippen molar-refractivity contribution in [2.75, 3.05) is 42.9 Å². The Labute approximate surface area is 349 Å². The van der Waals surface area contributed by atoms with E-state index in [-0.39, 0.29) is 18.7 Å². The van der Waals surface area contributed by atoms with Gasteiger partial charge in [-0.05, 0) is 133 Å². The van der Waals surface area contributed by atoms with Gasteiger partial charge in [0.05, 0.1) is 32.0 Å². The van der Waals surface area contributed by atoms with Crippen LogP contribution in [0.25, 0.3) is 10.2 Å². The predicted octanol–water partition coefficient (Wildman–Crippen LogP) is 7.69. The molecule has 5 aliphatic heterocycles. The summed E-state index contributed by atoms with van der Waals surface area (Å²) < 4.78 is 8.29. The summed E-state index contributed by atoms with van der Waals surface area (Å²) >= 11 is 1.90. The number of imide groups is 2. The summed E-state index contributed by atoms with van der Waals surface area (Å²) in [7, 11) is 0. The van der Waals surface area contributed by atoms with E-state index in [9.17, 15) is 19.2 Å². The standard InChI is InChI=1S/C47H54N6O5S/c1-46(2)34-25-36-39(26-38(34)52-24-20-30-7-4-5-9-33(30)47(52,3)58-46)59-43(49-36)31-13-11-29(12-14-31)27-51-22-18-28(19-23-51)17-21-48-35-10-6-8-32-41(35)45(57)53(44(32)56)37-15-16-40(54)50-42(37)55/h4-10,25-26,28-29,31,37,48H,11-24,27H2,1-3H3,(H,50,54,55)/t29-,31-,37?,47?. The number of rotatable bonds is 8. The molecule has 2 unspecified atom stereocenters. The molecule has 2 atom stereocenters. The molecule has 4 amide bonds. The number of nitrogens with one attached hydrogen (secondary N) is 2. The van der Waals surface area contributed by atoms with Gasteiger partial charge in [-0.2, -0.15) is 0 Å². The molecule has 6 aliphatic rings. The summed E-state index contributed by atoms with van der Waals surface area (Å²) in [4.78, 5) is 62.3. The number of nitrogens with zero attached hydrogens (tertiary/aromatic N) is 4. The normalized spacial score (nSPS) is 27.0. The van der Waals surface area contributed by atoms with Gasteiger partial charge >= 0.3 is 0 Å². The first-order valence-corrected chi connectivity index (χ1v) is 22.6. The van der Waals surface area contributed by atoms with Crippen LogP contribution in [0.3, 0.4) is 0 Å². The smallest absolute Gasteiger partial charge is 0.264 e. The van der Waals surface area contributed by atoms with E-state index in [2.05, 4.69) is 77.6 Å². The lowest BCUT2D eigenvalue weighted by Gasteiger charge is -2.55. The number of hydrogen-bond acceptors (Lipinski definition) is 10. The van der Waals surface area contributed by atoms with E-state index in [0.717, 1.165) is 61.7 Å². The Kier molecular flexibility index (Phi) is 9.68. The second kappa shape index (κ2) is 14.8. The highest BCUT2D eigenvalue weighted by atomic mass is 32.1.